The van der Waals surface area contributed by atoms with E-state index in [4.69, 9.17) is 11.6 Å². The van der Waals surface area contributed by atoms with Gasteiger partial charge in [-0.15, -0.1) is 0 Å². The van der Waals surface area contributed by atoms with Crippen LogP contribution < -0.4 is 37.9 Å². The van der Waals surface area contributed by atoms with Crippen molar-refractivity contribution in [3.05, 3.63) is 341 Å². The molecule has 2 aliphatic rings. The number of hydrogen-bond donors (Lipinski definition) is 3. The quantitative estimate of drug-likeness (QED) is 0.102. The van der Waals surface area contributed by atoms with Crippen molar-refractivity contribution in [2.75, 3.05) is 75.3 Å². The molecule has 2 saturated heterocycles. The number of β-amino-alcohol motifs (C(OH)–C–C–N with tert-alkyl or cyclic N) is 1. The highest BCUT2D eigenvalue weighted by molar-refractivity contribution is 6.30. The third-order valence-corrected chi connectivity index (χ3v) is 25.9. The number of aromatic nitrogens is 14. The summed E-state index contributed by atoms with van der Waals surface area (Å²) in [5.74, 6) is 0. The highest BCUT2D eigenvalue weighted by atomic mass is 35.5. The van der Waals surface area contributed by atoms with Gasteiger partial charge in [0.05, 0.1) is 178 Å². The van der Waals surface area contributed by atoms with Crippen LogP contribution in [0, 0.1) is 70.5 Å². The van der Waals surface area contributed by atoms with E-state index < -0.39 is 0 Å². The number of nitriles is 5. The van der Waals surface area contributed by atoms with Crippen molar-refractivity contribution in [2.24, 2.45) is 35.2 Å². The Balaban J connectivity index is 0.000000116. The summed E-state index contributed by atoms with van der Waals surface area (Å²) in [6.45, 7) is 11.3. The first-order valence-electron chi connectivity index (χ1n) is 43.8. The first-order valence-corrected chi connectivity index (χ1v) is 44.2. The second-order valence-electron chi connectivity index (χ2n) is 33.5. The predicted octanol–water partition coefficient (Wildman–Crippen LogP) is 16.0. The summed E-state index contributed by atoms with van der Waals surface area (Å²) in [7, 11) is 8.97. The van der Waals surface area contributed by atoms with Crippen molar-refractivity contribution in [3.8, 4) is 97.9 Å². The molecule has 0 saturated carbocycles. The lowest BCUT2D eigenvalue weighted by atomic mass is 10.0. The molecule has 20 aromatic rings. The number of aliphatic hydroxyl groups excluding tert-OH is 1. The number of anilines is 2. The number of fused-ring (bicyclic) bond motifs is 12. The van der Waals surface area contributed by atoms with Gasteiger partial charge < -0.3 is 29.8 Å². The average Bonchev–Trinajstić information content (AvgIpc) is 1.61. The number of nitrogens with zero attached hydrogens (tertiary/aromatic N) is 21. The number of piperazine rings is 2. The molecular weight excluding hydrogens is 1710 g/mol. The Kier molecular flexibility index (Phi) is 23.4. The van der Waals surface area contributed by atoms with E-state index in [2.05, 4.69) is 104 Å². The minimum absolute atomic E-state index is 0.142. The molecule has 662 valence electrons. The van der Waals surface area contributed by atoms with E-state index in [-0.39, 0.29) is 29.4 Å². The molecule has 12 heterocycles. The minimum Gasteiger partial charge on any atom is -0.395 e. The first kappa shape index (κ1) is 87.0. The van der Waals surface area contributed by atoms with Gasteiger partial charge in [0, 0.05) is 144 Å². The largest absolute Gasteiger partial charge is 0.395 e. The molecule has 28 nitrogen and oxygen atoms in total. The highest BCUT2D eigenvalue weighted by Gasteiger charge is 2.27. The van der Waals surface area contributed by atoms with Gasteiger partial charge in [0.2, 0.25) is 0 Å². The number of halogens is 1. The van der Waals surface area contributed by atoms with Crippen molar-refractivity contribution in [3.63, 3.8) is 0 Å². The van der Waals surface area contributed by atoms with Crippen LogP contribution in [0.2, 0.25) is 5.02 Å². The maximum Gasteiger partial charge on any atom is 0.333 e. The molecule has 10 aromatic heterocycles. The fourth-order valence-electron chi connectivity index (χ4n) is 18.4. The molecule has 135 heavy (non-hydrogen) atoms. The molecule has 10 aromatic carbocycles. The first-order chi connectivity index (χ1) is 65.6. The number of benzene rings is 10. The monoisotopic (exact) mass is 1800 g/mol. The van der Waals surface area contributed by atoms with Gasteiger partial charge in [-0.2, -0.15) is 26.3 Å². The lowest BCUT2D eigenvalue weighted by molar-refractivity contribution is 0.189. The molecule has 0 atom stereocenters. The van der Waals surface area contributed by atoms with Crippen LogP contribution in [-0.2, 0) is 35.2 Å². The molecule has 2 aliphatic heterocycles. The smallest absolute Gasteiger partial charge is 0.333 e. The van der Waals surface area contributed by atoms with E-state index in [1.807, 2.05) is 185 Å². The third-order valence-electron chi connectivity index (χ3n) is 25.6. The van der Waals surface area contributed by atoms with Crippen molar-refractivity contribution >= 4 is 111 Å². The van der Waals surface area contributed by atoms with E-state index in [0.717, 1.165) is 196 Å². The number of rotatable bonds is 12. The summed E-state index contributed by atoms with van der Waals surface area (Å²) in [6, 6.07) is 80.5. The lowest BCUT2D eigenvalue weighted by Gasteiger charge is -2.36. The number of pyridine rings is 4. The SMILES string of the molecule is Cc1ccc(C#N)cc1-n1c(=O)n(C)c2cnc3ccc(-c4ccc[nH]4)cc3c21.Cc1ccc(C#N)cc1-n1c(=O)n(C)c2cnc3ccc(-c4cccn4C)cc3c21.Cn1c(=O)n(-c2ccc(N3CCN(CCO)CC3)c(C#N)c2)c2c3cc(-c4ccc(Cl)cc4)ccc3ncc21.Cn1c(=O)n(-c2ccc(N3CCNCC3)c(C#N)c2)c2c3cc(-c4cccc(C#N)c4)ccc3ncc21. The van der Waals surface area contributed by atoms with Crippen LogP contribution >= 0.6 is 11.6 Å². The Bertz CT molecular complexity index is 8690. The number of aromatic amines is 1. The molecular formula is C106H86ClN23O5. The van der Waals surface area contributed by atoms with Crippen LogP contribution in [0.5, 0.6) is 0 Å². The molecule has 0 bridgehead atoms. The molecule has 2 fully saturated rings. The van der Waals surface area contributed by atoms with E-state index in [0.29, 0.717) is 73.2 Å². The predicted molar refractivity (Wildman–Crippen MR) is 529 cm³/mol. The molecule has 22 rings (SSSR count). The Morgan fingerprint density at radius 1 is 0.385 bits per heavy atom. The van der Waals surface area contributed by atoms with Gasteiger partial charge in [-0.05, 0) is 216 Å². The molecule has 0 unspecified atom stereocenters. The summed E-state index contributed by atoms with van der Waals surface area (Å²) in [5, 5.41) is 64.8. The van der Waals surface area contributed by atoms with Crippen molar-refractivity contribution in [1.82, 2.24) is 76.2 Å². The number of imidazole rings is 4. The maximum absolute atomic E-state index is 13.6. The Hall–Kier alpha value is -17.3. The molecule has 29 heteroatoms. The number of aliphatic hydroxyl groups is 1. The van der Waals surface area contributed by atoms with Crippen LogP contribution in [0.4, 0.5) is 11.4 Å². The number of aryl methyl sites for hydroxylation is 7. The zero-order valence-corrected chi connectivity index (χ0v) is 75.4. The van der Waals surface area contributed by atoms with Crippen LogP contribution in [0.15, 0.2) is 275 Å². The standard InChI is InChI=1S/C30H27ClN6O2.C29H23N7O.C24H19N5O.C23H17N5O/c1-34-28-19-33-26-8-4-21(20-2-5-23(31)6-3-20)17-25(26)29(28)37(30(34)39)24-7-9-27(22(16-24)18-32)36-12-10-35(11-13-36)14-15-38;1-34-27-18-33-25-7-5-21(20-4-2-3-19(13-20)16-30)15-24(25)28(27)36(29(34)37)23-6-8-26(22(14-23)17-31)35-11-9-32-10-12-35;1-15-6-7-16(13-25)11-21(15)29-23-18-12-17(20-5-4-10-27(20)2)8-9-19(18)26-14-22(23)28(3)24(29)30;1-14-5-6-15(12-24)10-20(14)28-22-17-11-16(18-4-3-9-25-18)7-8-19(17)26-13-21(22)27(2)23(28)29/h2-9,16-17,19,38H,10-15H2,1H3;2-8,13-15,18,32H,9-12H2,1H3;4-12,14H,1-3H3;3-11,13,25H,1-2H3. The summed E-state index contributed by atoms with van der Waals surface area (Å²) in [5.41, 5.74) is 25.3. The van der Waals surface area contributed by atoms with Crippen molar-refractivity contribution in [1.29, 1.82) is 26.3 Å². The summed E-state index contributed by atoms with van der Waals surface area (Å²) < 4.78 is 15.2. The highest BCUT2D eigenvalue weighted by Crippen LogP contribution is 2.38. The molecule has 3 N–H and O–H groups in total. The van der Waals surface area contributed by atoms with Crippen molar-refractivity contribution < 1.29 is 5.11 Å². The Labute approximate surface area is 777 Å². The number of nitrogens with one attached hydrogen (secondary N) is 2. The van der Waals surface area contributed by atoms with Gasteiger partial charge in [-0.1, -0.05) is 72.3 Å². The second kappa shape index (κ2) is 36.2. The van der Waals surface area contributed by atoms with Gasteiger partial charge in [0.15, 0.2) is 0 Å². The average molecular weight is 1800 g/mol. The van der Waals surface area contributed by atoms with E-state index in [1.165, 1.54) is 0 Å². The number of hydrogen-bond acceptors (Lipinski definition) is 18. The van der Waals surface area contributed by atoms with Crippen LogP contribution in [0.1, 0.15) is 38.9 Å². The summed E-state index contributed by atoms with van der Waals surface area (Å²) in [4.78, 5) is 81.8. The summed E-state index contributed by atoms with van der Waals surface area (Å²) in [6.07, 6.45) is 10.8. The van der Waals surface area contributed by atoms with Crippen molar-refractivity contribution in [2.45, 2.75) is 13.8 Å². The number of H-pyrrole nitrogens is 1. The Morgan fingerprint density at radius 2 is 0.800 bits per heavy atom. The fourth-order valence-corrected chi connectivity index (χ4v) is 18.6. The van der Waals surface area contributed by atoms with Crippen LogP contribution in [0.25, 0.3) is 155 Å². The second-order valence-corrected chi connectivity index (χ2v) is 34.0. The normalized spacial score (nSPS) is 12.7. The van der Waals surface area contributed by atoms with Crippen LogP contribution in [-0.4, -0.2) is 142 Å². The van der Waals surface area contributed by atoms with Gasteiger partial charge >= 0.3 is 22.8 Å². The zero-order chi connectivity index (χ0) is 93.7. The van der Waals surface area contributed by atoms with E-state index in [9.17, 15) is 50.6 Å². The van der Waals surface area contributed by atoms with Gasteiger partial charge in [-0.25, -0.2) is 19.2 Å². The van der Waals surface area contributed by atoms with Gasteiger partial charge in [0.25, 0.3) is 0 Å². The summed E-state index contributed by atoms with van der Waals surface area (Å²) >= 11 is 6.10. The molecule has 0 amide bonds. The zero-order valence-electron chi connectivity index (χ0n) is 74.7. The molecule has 0 aliphatic carbocycles. The molecule has 0 radical (unpaired) electrons. The third kappa shape index (κ3) is 15.9. The minimum atomic E-state index is -0.208. The fraction of sp³-hybridized carbons (Fsp3) is 0.160. The Morgan fingerprint density at radius 3 is 1.24 bits per heavy atom. The van der Waals surface area contributed by atoms with Crippen LogP contribution in [0.3, 0.4) is 0 Å². The van der Waals surface area contributed by atoms with E-state index >= 15 is 0 Å². The molecule has 0 spiro atoms. The van der Waals surface area contributed by atoms with Gasteiger partial charge in [-0.3, -0.25) is 61.4 Å². The maximum atomic E-state index is 13.6. The van der Waals surface area contributed by atoms with Gasteiger partial charge in [0.1, 0.15) is 12.1 Å². The van der Waals surface area contributed by atoms with E-state index in [1.54, 1.807) is 132 Å². The topological polar surface area (TPSA) is 341 Å². The lowest BCUT2D eigenvalue weighted by Crippen LogP contribution is -2.47.